The molecule has 0 atom stereocenters. The summed E-state index contributed by atoms with van der Waals surface area (Å²) in [5.41, 5.74) is 2.19. The Hall–Kier alpha value is -1.94. The van der Waals surface area contributed by atoms with Crippen LogP contribution in [0.3, 0.4) is 0 Å². The van der Waals surface area contributed by atoms with Gasteiger partial charge in [0, 0.05) is 12.6 Å². The number of hydrogen-bond acceptors (Lipinski definition) is 3. The topological polar surface area (TPSA) is 30.5 Å². The predicted molar refractivity (Wildman–Crippen MR) is 83.0 cm³/mol. The first kappa shape index (κ1) is 15.4. The zero-order valence-corrected chi connectivity index (χ0v) is 12.9. The van der Waals surface area contributed by atoms with Crippen molar-refractivity contribution >= 4 is 17.3 Å². The Balaban J connectivity index is 2.19. The number of anilines is 1. The highest BCUT2D eigenvalue weighted by molar-refractivity contribution is 6.32. The molecule has 0 unspecified atom stereocenters. The van der Waals surface area contributed by atoms with E-state index >= 15 is 0 Å². The number of ether oxygens (including phenoxy) is 2. The summed E-state index contributed by atoms with van der Waals surface area (Å²) in [6, 6.07) is 8.58. The molecule has 0 fully saturated rings. The SMILES string of the molecule is COc1cc(OC)c(NCc2ccc(C)c(F)c2)cc1Cl. The van der Waals surface area contributed by atoms with Crippen molar-refractivity contribution in [3.63, 3.8) is 0 Å². The Labute approximate surface area is 128 Å². The molecule has 2 aromatic rings. The van der Waals surface area contributed by atoms with Crippen LogP contribution < -0.4 is 14.8 Å². The lowest BCUT2D eigenvalue weighted by atomic mass is 10.1. The first-order chi connectivity index (χ1) is 10.0. The molecule has 0 aliphatic rings. The van der Waals surface area contributed by atoms with Crippen molar-refractivity contribution in [3.8, 4) is 11.5 Å². The van der Waals surface area contributed by atoms with E-state index < -0.39 is 0 Å². The Morgan fingerprint density at radius 2 is 1.81 bits per heavy atom. The molecule has 0 heterocycles. The molecule has 21 heavy (non-hydrogen) atoms. The molecule has 0 amide bonds. The summed E-state index contributed by atoms with van der Waals surface area (Å²) in [6.07, 6.45) is 0. The van der Waals surface area contributed by atoms with Gasteiger partial charge in [0.1, 0.15) is 17.3 Å². The molecule has 0 spiro atoms. The van der Waals surface area contributed by atoms with Gasteiger partial charge in [-0.05, 0) is 30.2 Å². The van der Waals surface area contributed by atoms with E-state index in [4.69, 9.17) is 21.1 Å². The van der Waals surface area contributed by atoms with Crippen molar-refractivity contribution in [1.29, 1.82) is 0 Å². The summed E-state index contributed by atoms with van der Waals surface area (Å²) < 4.78 is 24.0. The summed E-state index contributed by atoms with van der Waals surface area (Å²) >= 11 is 6.11. The van der Waals surface area contributed by atoms with Crippen LogP contribution >= 0.6 is 11.6 Å². The molecule has 0 radical (unpaired) electrons. The minimum absolute atomic E-state index is 0.214. The molecule has 0 aliphatic heterocycles. The fourth-order valence-electron chi connectivity index (χ4n) is 1.94. The van der Waals surface area contributed by atoms with Gasteiger partial charge in [-0.15, -0.1) is 0 Å². The largest absolute Gasteiger partial charge is 0.495 e. The van der Waals surface area contributed by atoms with Crippen molar-refractivity contribution in [1.82, 2.24) is 0 Å². The number of hydrogen-bond donors (Lipinski definition) is 1. The third kappa shape index (κ3) is 3.58. The fraction of sp³-hybridized carbons (Fsp3) is 0.250. The minimum Gasteiger partial charge on any atom is -0.495 e. The van der Waals surface area contributed by atoms with Crippen LogP contribution in [0, 0.1) is 12.7 Å². The maximum atomic E-state index is 13.5. The van der Waals surface area contributed by atoms with E-state index in [9.17, 15) is 4.39 Å². The second kappa shape index (κ2) is 6.68. The summed E-state index contributed by atoms with van der Waals surface area (Å²) in [4.78, 5) is 0. The zero-order chi connectivity index (χ0) is 15.4. The molecule has 2 rings (SSSR count). The Bertz CT molecular complexity index is 646. The van der Waals surface area contributed by atoms with E-state index in [1.165, 1.54) is 6.07 Å². The zero-order valence-electron chi connectivity index (χ0n) is 12.2. The van der Waals surface area contributed by atoms with Gasteiger partial charge in [0.25, 0.3) is 0 Å². The molecule has 1 N–H and O–H groups in total. The van der Waals surface area contributed by atoms with E-state index in [2.05, 4.69) is 5.32 Å². The fourth-order valence-corrected chi connectivity index (χ4v) is 2.18. The second-order valence-electron chi connectivity index (χ2n) is 4.62. The van der Waals surface area contributed by atoms with Gasteiger partial charge >= 0.3 is 0 Å². The standard InChI is InChI=1S/C16H17ClFNO2/c1-10-4-5-11(6-13(10)18)9-19-14-7-12(17)15(20-2)8-16(14)21-3/h4-8,19H,9H2,1-3H3. The molecule has 0 aromatic heterocycles. The third-order valence-corrected chi connectivity index (χ3v) is 3.49. The normalized spacial score (nSPS) is 10.3. The van der Waals surface area contributed by atoms with Crippen LogP contribution in [0.25, 0.3) is 0 Å². The number of benzene rings is 2. The number of methoxy groups -OCH3 is 2. The predicted octanol–water partition coefficient (Wildman–Crippen LogP) is 4.42. The van der Waals surface area contributed by atoms with Gasteiger partial charge in [-0.3, -0.25) is 0 Å². The highest BCUT2D eigenvalue weighted by Crippen LogP contribution is 2.36. The number of nitrogens with one attached hydrogen (secondary N) is 1. The first-order valence-corrected chi connectivity index (χ1v) is 6.83. The molecule has 0 saturated carbocycles. The second-order valence-corrected chi connectivity index (χ2v) is 5.03. The smallest absolute Gasteiger partial charge is 0.145 e. The first-order valence-electron chi connectivity index (χ1n) is 6.45. The Kier molecular flexibility index (Phi) is 4.91. The molecule has 0 bridgehead atoms. The maximum absolute atomic E-state index is 13.5. The van der Waals surface area contributed by atoms with Gasteiger partial charge in [0.05, 0.1) is 24.9 Å². The molecule has 3 nitrogen and oxygen atoms in total. The lowest BCUT2D eigenvalue weighted by molar-refractivity contribution is 0.395. The van der Waals surface area contributed by atoms with Crippen LogP contribution in [0.5, 0.6) is 11.5 Å². The van der Waals surface area contributed by atoms with Crippen LogP contribution in [-0.2, 0) is 6.54 Å². The molecule has 5 heteroatoms. The monoisotopic (exact) mass is 309 g/mol. The quantitative estimate of drug-likeness (QED) is 0.887. The molecule has 112 valence electrons. The average Bonchev–Trinajstić information content (AvgIpc) is 2.48. The minimum atomic E-state index is -0.214. The molecule has 2 aromatic carbocycles. The summed E-state index contributed by atoms with van der Waals surface area (Å²) in [5.74, 6) is 0.943. The van der Waals surface area contributed by atoms with Crippen molar-refractivity contribution in [2.75, 3.05) is 19.5 Å². The van der Waals surface area contributed by atoms with Crippen LogP contribution in [0.2, 0.25) is 5.02 Å². The van der Waals surface area contributed by atoms with Crippen LogP contribution in [-0.4, -0.2) is 14.2 Å². The van der Waals surface area contributed by atoms with Crippen LogP contribution in [0.15, 0.2) is 30.3 Å². The number of aryl methyl sites for hydroxylation is 1. The average molecular weight is 310 g/mol. The number of rotatable bonds is 5. The highest BCUT2D eigenvalue weighted by Gasteiger charge is 2.10. The van der Waals surface area contributed by atoms with Crippen molar-refractivity contribution in [2.45, 2.75) is 13.5 Å². The van der Waals surface area contributed by atoms with Gasteiger partial charge < -0.3 is 14.8 Å². The van der Waals surface area contributed by atoms with E-state index in [-0.39, 0.29) is 5.82 Å². The molecular formula is C16H17ClFNO2. The van der Waals surface area contributed by atoms with Gasteiger partial charge in [-0.1, -0.05) is 23.7 Å². The van der Waals surface area contributed by atoms with Crippen molar-refractivity contribution < 1.29 is 13.9 Å². The van der Waals surface area contributed by atoms with E-state index in [1.54, 1.807) is 39.3 Å². The molecular weight excluding hydrogens is 293 g/mol. The van der Waals surface area contributed by atoms with E-state index in [0.29, 0.717) is 28.6 Å². The van der Waals surface area contributed by atoms with Gasteiger partial charge in [0.2, 0.25) is 0 Å². The lowest BCUT2D eigenvalue weighted by Crippen LogP contribution is -2.02. The van der Waals surface area contributed by atoms with Crippen molar-refractivity contribution in [2.24, 2.45) is 0 Å². The summed E-state index contributed by atoms with van der Waals surface area (Å²) in [7, 11) is 3.11. The van der Waals surface area contributed by atoms with Gasteiger partial charge in [0.15, 0.2) is 0 Å². The highest BCUT2D eigenvalue weighted by atomic mass is 35.5. The molecule has 0 saturated heterocycles. The Morgan fingerprint density at radius 3 is 2.43 bits per heavy atom. The van der Waals surface area contributed by atoms with Gasteiger partial charge in [-0.2, -0.15) is 0 Å². The summed E-state index contributed by atoms with van der Waals surface area (Å²) in [6.45, 7) is 2.20. The maximum Gasteiger partial charge on any atom is 0.145 e. The number of halogens is 2. The summed E-state index contributed by atoms with van der Waals surface area (Å²) in [5, 5.41) is 3.67. The Morgan fingerprint density at radius 1 is 1.10 bits per heavy atom. The van der Waals surface area contributed by atoms with Crippen LogP contribution in [0.1, 0.15) is 11.1 Å². The van der Waals surface area contributed by atoms with Crippen LogP contribution in [0.4, 0.5) is 10.1 Å². The van der Waals surface area contributed by atoms with E-state index in [1.807, 2.05) is 6.07 Å². The molecule has 0 aliphatic carbocycles. The lowest BCUT2D eigenvalue weighted by Gasteiger charge is -2.14. The third-order valence-electron chi connectivity index (χ3n) is 3.19. The van der Waals surface area contributed by atoms with Gasteiger partial charge in [-0.25, -0.2) is 4.39 Å². The van der Waals surface area contributed by atoms with E-state index in [0.717, 1.165) is 11.3 Å². The van der Waals surface area contributed by atoms with Crippen molar-refractivity contribution in [3.05, 3.63) is 52.3 Å².